The van der Waals surface area contributed by atoms with Gasteiger partial charge in [0.2, 0.25) is 11.8 Å². The maximum atomic E-state index is 11.7. The second-order valence-corrected chi connectivity index (χ2v) is 5.97. The fourth-order valence-corrected chi connectivity index (χ4v) is 2.17. The summed E-state index contributed by atoms with van der Waals surface area (Å²) in [5, 5.41) is 16.1. The van der Waals surface area contributed by atoms with Crippen LogP contribution >= 0.6 is 0 Å². The molecule has 0 aromatic heterocycles. The molecule has 1 heterocycles. The first kappa shape index (κ1) is 16.9. The van der Waals surface area contributed by atoms with Crippen LogP contribution in [0.3, 0.4) is 0 Å². The predicted molar refractivity (Wildman–Crippen MR) is 73.4 cm³/mol. The number of rotatable bonds is 6. The second kappa shape index (κ2) is 7.05. The van der Waals surface area contributed by atoms with Crippen molar-refractivity contribution in [3.05, 3.63) is 0 Å². The fourth-order valence-electron chi connectivity index (χ4n) is 2.17. The van der Waals surface area contributed by atoms with Gasteiger partial charge in [0.05, 0.1) is 6.42 Å². The van der Waals surface area contributed by atoms with Crippen LogP contribution in [0.25, 0.3) is 0 Å². The van der Waals surface area contributed by atoms with Crippen molar-refractivity contribution in [1.82, 2.24) is 16.0 Å². The highest BCUT2D eigenvalue weighted by Gasteiger charge is 2.26. The number of urea groups is 1. The molecule has 1 saturated heterocycles. The van der Waals surface area contributed by atoms with E-state index in [4.69, 9.17) is 5.11 Å². The van der Waals surface area contributed by atoms with E-state index in [0.29, 0.717) is 12.8 Å². The van der Waals surface area contributed by atoms with Gasteiger partial charge in [-0.1, -0.05) is 13.8 Å². The minimum atomic E-state index is -0.991. The van der Waals surface area contributed by atoms with Crippen molar-refractivity contribution < 1.29 is 24.3 Å². The molecule has 4 amide bonds. The molecule has 1 fully saturated rings. The van der Waals surface area contributed by atoms with E-state index < -0.39 is 23.3 Å². The smallest absolute Gasteiger partial charge is 0.321 e. The Kier molecular flexibility index (Phi) is 5.69. The lowest BCUT2D eigenvalue weighted by Crippen LogP contribution is -2.45. The van der Waals surface area contributed by atoms with Gasteiger partial charge in [-0.25, -0.2) is 4.79 Å². The third-order valence-electron chi connectivity index (χ3n) is 3.12. The van der Waals surface area contributed by atoms with E-state index in [2.05, 4.69) is 16.0 Å². The first-order valence-corrected chi connectivity index (χ1v) is 6.77. The molecular weight excluding hydrogens is 278 g/mol. The molecule has 0 bridgehead atoms. The van der Waals surface area contributed by atoms with Crippen molar-refractivity contribution in [2.75, 3.05) is 6.54 Å². The Bertz CT molecular complexity index is 447. The fraction of sp³-hybridized carbons (Fsp3) is 0.692. The number of hydrogen-bond donors (Lipinski definition) is 4. The lowest BCUT2D eigenvalue weighted by molar-refractivity contribution is -0.139. The van der Waals surface area contributed by atoms with Crippen LogP contribution in [0.2, 0.25) is 0 Å². The Balaban J connectivity index is 2.28. The van der Waals surface area contributed by atoms with Gasteiger partial charge in [0.1, 0.15) is 0 Å². The quantitative estimate of drug-likeness (QED) is 0.548. The molecule has 1 rings (SSSR count). The summed E-state index contributed by atoms with van der Waals surface area (Å²) in [7, 11) is 0. The van der Waals surface area contributed by atoms with Gasteiger partial charge < -0.3 is 15.7 Å². The van der Waals surface area contributed by atoms with Gasteiger partial charge in [0.15, 0.2) is 0 Å². The maximum absolute atomic E-state index is 11.7. The van der Waals surface area contributed by atoms with Crippen molar-refractivity contribution in [2.24, 2.45) is 5.41 Å². The van der Waals surface area contributed by atoms with Gasteiger partial charge in [-0.2, -0.15) is 0 Å². The Morgan fingerprint density at radius 1 is 1.33 bits per heavy atom. The molecule has 0 spiro atoms. The van der Waals surface area contributed by atoms with Crippen LogP contribution in [0.4, 0.5) is 4.79 Å². The molecule has 0 saturated carbocycles. The van der Waals surface area contributed by atoms with Crippen molar-refractivity contribution in [2.45, 2.75) is 45.6 Å². The van der Waals surface area contributed by atoms with E-state index in [0.717, 1.165) is 0 Å². The minimum absolute atomic E-state index is 0.0475. The van der Waals surface area contributed by atoms with Crippen LogP contribution in [0.15, 0.2) is 0 Å². The number of carbonyl (C=O) groups is 4. The van der Waals surface area contributed by atoms with Gasteiger partial charge in [-0.05, 0) is 11.8 Å². The van der Waals surface area contributed by atoms with Crippen LogP contribution in [-0.4, -0.2) is 41.5 Å². The van der Waals surface area contributed by atoms with E-state index in [1.165, 1.54) is 0 Å². The number of amides is 4. The van der Waals surface area contributed by atoms with Gasteiger partial charge in [0, 0.05) is 25.4 Å². The summed E-state index contributed by atoms with van der Waals surface area (Å²) < 4.78 is 0. The molecule has 1 aliphatic heterocycles. The monoisotopic (exact) mass is 299 g/mol. The number of nitrogens with one attached hydrogen (secondary N) is 3. The van der Waals surface area contributed by atoms with E-state index in [9.17, 15) is 19.2 Å². The Hall–Kier alpha value is -2.12. The molecule has 1 atom stereocenters. The van der Waals surface area contributed by atoms with Gasteiger partial charge in [-0.15, -0.1) is 0 Å². The Labute approximate surface area is 122 Å². The average Bonchev–Trinajstić information content (AvgIpc) is 2.69. The molecule has 118 valence electrons. The zero-order valence-electron chi connectivity index (χ0n) is 12.2. The van der Waals surface area contributed by atoms with E-state index in [1.54, 1.807) is 13.8 Å². The van der Waals surface area contributed by atoms with Gasteiger partial charge >= 0.3 is 12.0 Å². The molecule has 4 N–H and O–H groups in total. The summed E-state index contributed by atoms with van der Waals surface area (Å²) in [6.45, 7) is 3.54. The molecular formula is C13H21N3O5. The number of aliphatic carboxylic acids is 1. The summed E-state index contributed by atoms with van der Waals surface area (Å²) in [5.41, 5.74) is -0.727. The molecule has 0 aromatic rings. The number of hydrogen-bond acceptors (Lipinski definition) is 4. The van der Waals surface area contributed by atoms with Gasteiger partial charge in [0.25, 0.3) is 0 Å². The minimum Gasteiger partial charge on any atom is -0.481 e. The zero-order chi connectivity index (χ0) is 16.0. The summed E-state index contributed by atoms with van der Waals surface area (Å²) in [5.74, 6) is -1.57. The molecule has 8 heteroatoms. The highest BCUT2D eigenvalue weighted by molar-refractivity contribution is 5.94. The highest BCUT2D eigenvalue weighted by Crippen LogP contribution is 2.24. The first-order chi connectivity index (χ1) is 9.68. The van der Waals surface area contributed by atoms with Crippen molar-refractivity contribution in [1.29, 1.82) is 0 Å². The number of carboxylic acid groups (broad SMARTS) is 1. The third kappa shape index (κ3) is 6.73. The average molecular weight is 299 g/mol. The molecule has 21 heavy (non-hydrogen) atoms. The van der Waals surface area contributed by atoms with Crippen LogP contribution < -0.4 is 16.0 Å². The lowest BCUT2D eigenvalue weighted by Gasteiger charge is -2.21. The third-order valence-corrected chi connectivity index (χ3v) is 3.12. The van der Waals surface area contributed by atoms with Crippen LogP contribution in [0.1, 0.15) is 39.5 Å². The first-order valence-electron chi connectivity index (χ1n) is 6.77. The SMILES string of the molecule is CC(C)(CC(=O)O)CC(=O)NC(=O)NCC1CCC(=O)N1. The Morgan fingerprint density at radius 2 is 2.00 bits per heavy atom. The summed E-state index contributed by atoms with van der Waals surface area (Å²) in [4.78, 5) is 44.8. The molecule has 1 aliphatic rings. The Morgan fingerprint density at radius 3 is 2.52 bits per heavy atom. The predicted octanol–water partition coefficient (Wildman–Crippen LogP) is -0.0182. The second-order valence-electron chi connectivity index (χ2n) is 5.97. The maximum Gasteiger partial charge on any atom is 0.321 e. The summed E-state index contributed by atoms with van der Waals surface area (Å²) in [6.07, 6.45) is 0.873. The lowest BCUT2D eigenvalue weighted by atomic mass is 9.85. The van der Waals surface area contributed by atoms with Crippen LogP contribution in [-0.2, 0) is 14.4 Å². The molecule has 1 unspecified atom stereocenters. The van der Waals surface area contributed by atoms with E-state index in [-0.39, 0.29) is 31.3 Å². The summed E-state index contributed by atoms with van der Waals surface area (Å²) in [6, 6.07) is -0.755. The molecule has 0 aromatic carbocycles. The molecule has 0 aliphatic carbocycles. The van der Waals surface area contributed by atoms with E-state index in [1.807, 2.05) is 0 Å². The van der Waals surface area contributed by atoms with Crippen molar-refractivity contribution in [3.63, 3.8) is 0 Å². The standard InChI is InChI=1S/C13H21N3O5/c1-13(2,6-11(19)20)5-10(18)16-12(21)14-7-8-3-4-9(17)15-8/h8H,3-7H2,1-2H3,(H,15,17)(H,19,20)(H2,14,16,18,21). The van der Waals surface area contributed by atoms with Crippen LogP contribution in [0, 0.1) is 5.41 Å². The van der Waals surface area contributed by atoms with Crippen molar-refractivity contribution >= 4 is 23.8 Å². The normalized spacial score (nSPS) is 18.0. The molecule has 0 radical (unpaired) electrons. The van der Waals surface area contributed by atoms with E-state index >= 15 is 0 Å². The highest BCUT2D eigenvalue weighted by atomic mass is 16.4. The number of imide groups is 1. The topological polar surface area (TPSA) is 125 Å². The van der Waals surface area contributed by atoms with Gasteiger partial charge in [-0.3, -0.25) is 19.7 Å². The van der Waals surface area contributed by atoms with Crippen molar-refractivity contribution in [3.8, 4) is 0 Å². The largest absolute Gasteiger partial charge is 0.481 e. The summed E-state index contributed by atoms with van der Waals surface area (Å²) >= 11 is 0. The number of carboxylic acids is 1. The number of carbonyl (C=O) groups excluding carboxylic acids is 3. The van der Waals surface area contributed by atoms with Crippen LogP contribution in [0.5, 0.6) is 0 Å². The molecule has 8 nitrogen and oxygen atoms in total. The zero-order valence-corrected chi connectivity index (χ0v) is 12.2.